The predicted octanol–water partition coefficient (Wildman–Crippen LogP) is 3.31. The van der Waals surface area contributed by atoms with Gasteiger partial charge in [-0.2, -0.15) is 4.31 Å². The standard InChI is InChI=1S/C24H26F3N3O8S/c1-15(22(32)33)30(16-6-8-17(9-7-16)37-23(34)28(2)3)21(31)20-5-4-14-29(20)39(35,36)19-12-10-18(11-13-19)38-24(25,26)27/h6-13,15,20H,4-5,14H2,1-3H3,(H,32,33)/t15-,20-/m0/s1. The Hall–Kier alpha value is -3.85. The maximum atomic E-state index is 13.7. The number of sulfonamides is 1. The molecule has 0 spiro atoms. The van der Waals surface area contributed by atoms with Gasteiger partial charge in [0.15, 0.2) is 0 Å². The van der Waals surface area contributed by atoms with E-state index in [0.29, 0.717) is 6.42 Å². The number of rotatable bonds is 8. The van der Waals surface area contributed by atoms with Gasteiger partial charge in [-0.3, -0.25) is 9.69 Å². The molecule has 3 rings (SSSR count). The fraction of sp³-hybridized carbons (Fsp3) is 0.375. The van der Waals surface area contributed by atoms with Crippen molar-refractivity contribution in [1.82, 2.24) is 9.21 Å². The molecule has 1 fully saturated rings. The Bertz CT molecular complexity index is 1320. The van der Waals surface area contributed by atoms with E-state index in [1.807, 2.05) is 0 Å². The van der Waals surface area contributed by atoms with Gasteiger partial charge in [0.05, 0.1) is 4.90 Å². The van der Waals surface area contributed by atoms with E-state index >= 15 is 0 Å². The summed E-state index contributed by atoms with van der Waals surface area (Å²) in [6, 6.07) is 6.34. The molecule has 212 valence electrons. The molecule has 0 saturated carbocycles. The monoisotopic (exact) mass is 573 g/mol. The lowest BCUT2D eigenvalue weighted by atomic mass is 10.1. The molecule has 1 N–H and O–H groups in total. The molecule has 0 bridgehead atoms. The zero-order valence-corrected chi connectivity index (χ0v) is 21.9. The summed E-state index contributed by atoms with van der Waals surface area (Å²) in [5.41, 5.74) is 0.123. The fourth-order valence-electron chi connectivity index (χ4n) is 3.90. The Labute approximate surface area is 222 Å². The molecule has 15 heteroatoms. The normalized spacial score (nSPS) is 16.8. The summed E-state index contributed by atoms with van der Waals surface area (Å²) in [7, 11) is -1.38. The Morgan fingerprint density at radius 1 is 1.03 bits per heavy atom. The molecule has 2 aromatic carbocycles. The minimum absolute atomic E-state index is 0.0613. The highest BCUT2D eigenvalue weighted by Gasteiger charge is 2.43. The number of ether oxygens (including phenoxy) is 2. The SMILES string of the molecule is C[C@@H](C(=O)O)N(C(=O)[C@@H]1CCCN1S(=O)(=O)c1ccc(OC(F)(F)F)cc1)c1ccc(OC(=O)N(C)C)cc1. The molecule has 0 aromatic heterocycles. The van der Waals surface area contributed by atoms with Crippen LogP contribution in [0.15, 0.2) is 53.4 Å². The summed E-state index contributed by atoms with van der Waals surface area (Å²) in [5.74, 6) is -2.63. The van der Waals surface area contributed by atoms with Gasteiger partial charge >= 0.3 is 18.4 Å². The molecule has 0 aliphatic carbocycles. The number of carboxylic acid groups (broad SMARTS) is 1. The average Bonchev–Trinajstić information content (AvgIpc) is 3.35. The molecule has 2 atom stereocenters. The molecule has 2 amide bonds. The van der Waals surface area contributed by atoms with Crippen molar-refractivity contribution < 1.29 is 50.6 Å². The largest absolute Gasteiger partial charge is 0.573 e. The van der Waals surface area contributed by atoms with Gasteiger partial charge in [0.1, 0.15) is 23.6 Å². The first-order chi connectivity index (χ1) is 18.1. The van der Waals surface area contributed by atoms with Crippen LogP contribution in [0.5, 0.6) is 11.5 Å². The predicted molar refractivity (Wildman–Crippen MR) is 131 cm³/mol. The highest BCUT2D eigenvalue weighted by atomic mass is 32.2. The first kappa shape index (κ1) is 29.7. The Balaban J connectivity index is 1.89. The number of benzene rings is 2. The third-order valence-corrected chi connectivity index (χ3v) is 7.74. The van der Waals surface area contributed by atoms with Crippen molar-refractivity contribution in [2.75, 3.05) is 25.5 Å². The smallest absolute Gasteiger partial charge is 0.480 e. The first-order valence-corrected chi connectivity index (χ1v) is 13.0. The molecule has 0 radical (unpaired) electrons. The molecular formula is C24H26F3N3O8S. The van der Waals surface area contributed by atoms with E-state index in [0.717, 1.165) is 33.5 Å². The zero-order chi connectivity index (χ0) is 29.1. The third kappa shape index (κ3) is 6.97. The maximum absolute atomic E-state index is 13.7. The fourth-order valence-corrected chi connectivity index (χ4v) is 5.55. The Morgan fingerprint density at radius 2 is 1.59 bits per heavy atom. The number of aliphatic carboxylic acids is 1. The van der Waals surface area contributed by atoms with Crippen LogP contribution in [-0.4, -0.2) is 79.8 Å². The van der Waals surface area contributed by atoms with E-state index in [2.05, 4.69) is 4.74 Å². The van der Waals surface area contributed by atoms with Gasteiger partial charge in [0, 0.05) is 26.3 Å². The number of anilines is 1. The molecule has 1 heterocycles. The Morgan fingerprint density at radius 3 is 2.10 bits per heavy atom. The molecule has 2 aromatic rings. The highest BCUT2D eigenvalue weighted by Crippen LogP contribution is 2.32. The van der Waals surface area contributed by atoms with Crippen molar-refractivity contribution in [2.45, 2.75) is 43.1 Å². The maximum Gasteiger partial charge on any atom is 0.573 e. The number of hydrogen-bond acceptors (Lipinski definition) is 7. The summed E-state index contributed by atoms with van der Waals surface area (Å²) in [6.45, 7) is 1.20. The van der Waals surface area contributed by atoms with E-state index in [4.69, 9.17) is 4.74 Å². The van der Waals surface area contributed by atoms with Crippen LogP contribution < -0.4 is 14.4 Å². The van der Waals surface area contributed by atoms with E-state index in [9.17, 15) is 41.1 Å². The van der Waals surface area contributed by atoms with Gasteiger partial charge < -0.3 is 19.5 Å². The lowest BCUT2D eigenvalue weighted by Crippen LogP contribution is -2.52. The number of amides is 2. The summed E-state index contributed by atoms with van der Waals surface area (Å²) >= 11 is 0. The minimum atomic E-state index is -4.96. The average molecular weight is 574 g/mol. The molecular weight excluding hydrogens is 547 g/mol. The van der Waals surface area contributed by atoms with Crippen molar-refractivity contribution in [2.24, 2.45) is 0 Å². The summed E-state index contributed by atoms with van der Waals surface area (Å²) in [6.07, 6.45) is -5.23. The van der Waals surface area contributed by atoms with Crippen LogP contribution in [0.3, 0.4) is 0 Å². The van der Waals surface area contributed by atoms with Gasteiger partial charge in [-0.15, -0.1) is 13.2 Å². The third-order valence-electron chi connectivity index (χ3n) is 5.82. The highest BCUT2D eigenvalue weighted by molar-refractivity contribution is 7.89. The second kappa shape index (κ2) is 11.5. The lowest BCUT2D eigenvalue weighted by Gasteiger charge is -2.32. The van der Waals surface area contributed by atoms with Crippen LogP contribution in [0.25, 0.3) is 0 Å². The summed E-state index contributed by atoms with van der Waals surface area (Å²) in [5, 5.41) is 9.66. The second-order valence-electron chi connectivity index (χ2n) is 8.77. The number of carboxylic acids is 1. The second-order valence-corrected chi connectivity index (χ2v) is 10.7. The first-order valence-electron chi connectivity index (χ1n) is 11.5. The van der Waals surface area contributed by atoms with Crippen molar-refractivity contribution in [3.05, 3.63) is 48.5 Å². The number of nitrogens with zero attached hydrogens (tertiary/aromatic N) is 3. The van der Waals surface area contributed by atoms with Gasteiger partial charge in [-0.1, -0.05) is 0 Å². The lowest BCUT2D eigenvalue weighted by molar-refractivity contribution is -0.274. The van der Waals surface area contributed by atoms with Crippen LogP contribution in [-0.2, 0) is 19.6 Å². The molecule has 1 saturated heterocycles. The van der Waals surface area contributed by atoms with Crippen molar-refractivity contribution >= 4 is 33.7 Å². The van der Waals surface area contributed by atoms with Gasteiger partial charge in [0.2, 0.25) is 15.9 Å². The van der Waals surface area contributed by atoms with Crippen LogP contribution in [0.1, 0.15) is 19.8 Å². The summed E-state index contributed by atoms with van der Waals surface area (Å²) < 4.78 is 73.8. The molecule has 1 aliphatic heterocycles. The van der Waals surface area contributed by atoms with Crippen molar-refractivity contribution in [3.8, 4) is 11.5 Å². The van der Waals surface area contributed by atoms with Gasteiger partial charge in [0.25, 0.3) is 0 Å². The van der Waals surface area contributed by atoms with Crippen molar-refractivity contribution in [3.63, 3.8) is 0 Å². The van der Waals surface area contributed by atoms with Crippen LogP contribution in [0.2, 0.25) is 0 Å². The molecule has 1 aliphatic rings. The van der Waals surface area contributed by atoms with Crippen LogP contribution >= 0.6 is 0 Å². The number of carbonyl (C=O) groups excluding carboxylic acids is 2. The van der Waals surface area contributed by atoms with Gasteiger partial charge in [-0.25, -0.2) is 18.0 Å². The quantitative estimate of drug-likeness (QED) is 0.509. The van der Waals surface area contributed by atoms with Crippen molar-refractivity contribution in [1.29, 1.82) is 0 Å². The van der Waals surface area contributed by atoms with Crippen LogP contribution in [0, 0.1) is 0 Å². The van der Waals surface area contributed by atoms with E-state index in [-0.39, 0.29) is 29.3 Å². The topological polar surface area (TPSA) is 134 Å². The number of alkyl halides is 3. The number of carbonyl (C=O) groups is 3. The Kier molecular flexibility index (Phi) is 8.75. The molecule has 39 heavy (non-hydrogen) atoms. The van der Waals surface area contributed by atoms with E-state index in [1.54, 1.807) is 0 Å². The number of hydrogen-bond donors (Lipinski definition) is 1. The van der Waals surface area contributed by atoms with Crippen LogP contribution in [0.4, 0.5) is 23.7 Å². The molecule has 11 nitrogen and oxygen atoms in total. The summed E-state index contributed by atoms with van der Waals surface area (Å²) in [4.78, 5) is 39.1. The zero-order valence-electron chi connectivity index (χ0n) is 21.1. The van der Waals surface area contributed by atoms with Gasteiger partial charge in [-0.05, 0) is 68.3 Å². The molecule has 0 unspecified atom stereocenters. The van der Waals surface area contributed by atoms with E-state index in [1.165, 1.54) is 50.2 Å². The minimum Gasteiger partial charge on any atom is -0.480 e. The number of halogens is 3. The van der Waals surface area contributed by atoms with E-state index < -0.39 is 52.2 Å².